The molecule has 118 valence electrons. The molecule has 0 amide bonds. The van der Waals surface area contributed by atoms with Gasteiger partial charge in [-0.15, -0.1) is 11.3 Å². The summed E-state index contributed by atoms with van der Waals surface area (Å²) in [4.78, 5) is 16.5. The monoisotopic (exact) mass is 310 g/mol. The first kappa shape index (κ1) is 17.9. The van der Waals surface area contributed by atoms with Crippen LogP contribution >= 0.6 is 11.3 Å². The van der Waals surface area contributed by atoms with Gasteiger partial charge in [0.05, 0.1) is 0 Å². The molecule has 0 aliphatic rings. The lowest BCUT2D eigenvalue weighted by Crippen LogP contribution is -2.33. The first-order chi connectivity index (χ1) is 9.88. The largest absolute Gasteiger partial charge is 0.478 e. The van der Waals surface area contributed by atoms with Crippen LogP contribution in [0.3, 0.4) is 0 Å². The summed E-state index contributed by atoms with van der Waals surface area (Å²) in [5, 5.41) is 10.8. The van der Waals surface area contributed by atoms with Crippen LogP contribution in [0.5, 0.6) is 0 Å². The van der Waals surface area contributed by atoms with E-state index in [0.29, 0.717) is 5.92 Å². The van der Waals surface area contributed by atoms with Crippen molar-refractivity contribution in [1.29, 1.82) is 0 Å². The first-order valence-electron chi connectivity index (χ1n) is 7.23. The fraction of sp³-hybridized carbons (Fsp3) is 0.562. The number of carboxylic acid groups (broad SMARTS) is 1. The summed E-state index contributed by atoms with van der Waals surface area (Å²) >= 11 is 1.69. The molecule has 1 heterocycles. The quantitative estimate of drug-likeness (QED) is 0.712. The van der Waals surface area contributed by atoms with E-state index in [1.807, 2.05) is 11.4 Å². The van der Waals surface area contributed by atoms with Gasteiger partial charge in [0.25, 0.3) is 0 Å². The van der Waals surface area contributed by atoms with E-state index in [4.69, 9.17) is 5.11 Å². The normalized spacial score (nSPS) is 12.1. The molecule has 0 spiro atoms. The Morgan fingerprint density at radius 2 is 2.10 bits per heavy atom. The minimum atomic E-state index is -0.904. The molecule has 4 nitrogen and oxygen atoms in total. The van der Waals surface area contributed by atoms with Gasteiger partial charge in [-0.3, -0.25) is 4.90 Å². The summed E-state index contributed by atoms with van der Waals surface area (Å²) in [5.41, 5.74) is 1.01. The van der Waals surface area contributed by atoms with Crippen LogP contribution in [0.15, 0.2) is 17.5 Å². The van der Waals surface area contributed by atoms with Gasteiger partial charge in [-0.1, -0.05) is 13.8 Å². The van der Waals surface area contributed by atoms with Crippen LogP contribution in [-0.2, 0) is 11.3 Å². The van der Waals surface area contributed by atoms with Crippen LogP contribution in [-0.4, -0.2) is 54.6 Å². The maximum atomic E-state index is 10.7. The Bertz CT molecular complexity index is 467. The Labute approximate surface area is 131 Å². The molecule has 0 radical (unpaired) electrons. The molecule has 0 bridgehead atoms. The van der Waals surface area contributed by atoms with E-state index in [2.05, 4.69) is 37.7 Å². The van der Waals surface area contributed by atoms with Crippen molar-refractivity contribution < 1.29 is 9.90 Å². The summed E-state index contributed by atoms with van der Waals surface area (Å²) in [7, 11) is 4.17. The third-order valence-electron chi connectivity index (χ3n) is 3.04. The summed E-state index contributed by atoms with van der Waals surface area (Å²) in [6, 6.07) is 1.99. The van der Waals surface area contributed by atoms with E-state index in [9.17, 15) is 4.79 Å². The highest BCUT2D eigenvalue weighted by Crippen LogP contribution is 2.21. The summed E-state index contributed by atoms with van der Waals surface area (Å²) < 4.78 is 0. The molecule has 0 atom stereocenters. The number of rotatable bonds is 9. The molecule has 1 rings (SSSR count). The first-order valence-corrected chi connectivity index (χ1v) is 8.11. The average Bonchev–Trinajstić information content (AvgIpc) is 2.80. The van der Waals surface area contributed by atoms with Gasteiger partial charge in [0, 0.05) is 37.1 Å². The Hall–Kier alpha value is -1.17. The van der Waals surface area contributed by atoms with Crippen molar-refractivity contribution in [3.05, 3.63) is 28.0 Å². The molecule has 0 saturated heterocycles. The minimum absolute atomic E-state index is 0.616. The zero-order valence-corrected chi connectivity index (χ0v) is 14.2. The lowest BCUT2D eigenvalue weighted by atomic mass is 10.2. The van der Waals surface area contributed by atoms with Crippen molar-refractivity contribution in [1.82, 2.24) is 9.80 Å². The average molecular weight is 310 g/mol. The number of carboxylic acids is 1. The maximum absolute atomic E-state index is 10.7. The molecule has 0 unspecified atom stereocenters. The van der Waals surface area contributed by atoms with Gasteiger partial charge in [0.15, 0.2) is 0 Å². The highest BCUT2D eigenvalue weighted by Gasteiger charge is 2.11. The second kappa shape index (κ2) is 8.97. The van der Waals surface area contributed by atoms with Crippen molar-refractivity contribution in [2.45, 2.75) is 20.4 Å². The van der Waals surface area contributed by atoms with E-state index < -0.39 is 5.97 Å². The van der Waals surface area contributed by atoms with Crippen molar-refractivity contribution in [2.75, 3.05) is 33.7 Å². The Morgan fingerprint density at radius 3 is 2.67 bits per heavy atom. The predicted octanol–water partition coefficient (Wildman–Crippen LogP) is 2.87. The maximum Gasteiger partial charge on any atom is 0.328 e. The molecule has 1 aromatic heterocycles. The van der Waals surface area contributed by atoms with Crippen LogP contribution in [0.25, 0.3) is 6.08 Å². The van der Waals surface area contributed by atoms with Crippen LogP contribution in [0.4, 0.5) is 0 Å². The van der Waals surface area contributed by atoms with Crippen LogP contribution in [0.2, 0.25) is 0 Å². The highest BCUT2D eigenvalue weighted by molar-refractivity contribution is 7.10. The third-order valence-corrected chi connectivity index (χ3v) is 3.96. The number of likely N-dealkylation sites (N-methyl/N-ethyl adjacent to an activating group) is 1. The lowest BCUT2D eigenvalue weighted by Gasteiger charge is -2.25. The fourth-order valence-corrected chi connectivity index (χ4v) is 2.99. The van der Waals surface area contributed by atoms with E-state index in [0.717, 1.165) is 31.7 Å². The van der Waals surface area contributed by atoms with Crippen molar-refractivity contribution in [3.63, 3.8) is 0 Å². The smallest absolute Gasteiger partial charge is 0.328 e. The number of hydrogen-bond donors (Lipinski definition) is 1. The van der Waals surface area contributed by atoms with Gasteiger partial charge in [0.2, 0.25) is 0 Å². The SMILES string of the molecule is CC(C)CN(CCN(C)C)Cc1sccc1C=CC(=O)O. The molecule has 5 heteroatoms. The van der Waals surface area contributed by atoms with Crippen molar-refractivity contribution in [3.8, 4) is 0 Å². The molecule has 0 aliphatic carbocycles. The number of nitrogens with zero attached hydrogens (tertiary/aromatic N) is 2. The molecule has 1 N–H and O–H groups in total. The molecular weight excluding hydrogens is 284 g/mol. The second-order valence-corrected chi connectivity index (χ2v) is 6.90. The highest BCUT2D eigenvalue weighted by atomic mass is 32.1. The zero-order chi connectivity index (χ0) is 15.8. The topological polar surface area (TPSA) is 43.8 Å². The molecule has 1 aromatic rings. The Balaban J connectivity index is 2.73. The summed E-state index contributed by atoms with van der Waals surface area (Å²) in [6.07, 6.45) is 2.89. The van der Waals surface area contributed by atoms with Crippen LogP contribution in [0.1, 0.15) is 24.3 Å². The second-order valence-electron chi connectivity index (χ2n) is 5.90. The van der Waals surface area contributed by atoms with Gasteiger partial charge in [0.1, 0.15) is 0 Å². The summed E-state index contributed by atoms with van der Waals surface area (Å²) in [5.74, 6) is -0.288. The van der Waals surface area contributed by atoms with Crippen molar-refractivity contribution >= 4 is 23.4 Å². The molecule has 21 heavy (non-hydrogen) atoms. The van der Waals surface area contributed by atoms with Crippen LogP contribution < -0.4 is 0 Å². The zero-order valence-electron chi connectivity index (χ0n) is 13.4. The van der Waals surface area contributed by atoms with Gasteiger partial charge in [-0.05, 0) is 43.1 Å². The molecule has 0 aliphatic heterocycles. The van der Waals surface area contributed by atoms with Crippen molar-refractivity contribution in [2.24, 2.45) is 5.92 Å². The number of thiophene rings is 1. The number of hydrogen-bond acceptors (Lipinski definition) is 4. The molecule has 0 aromatic carbocycles. The Morgan fingerprint density at radius 1 is 1.38 bits per heavy atom. The third kappa shape index (κ3) is 7.41. The molecule has 0 saturated carbocycles. The fourth-order valence-electron chi connectivity index (χ4n) is 2.08. The van der Waals surface area contributed by atoms with E-state index in [-0.39, 0.29) is 0 Å². The van der Waals surface area contributed by atoms with Gasteiger partial charge in [-0.25, -0.2) is 4.79 Å². The van der Waals surface area contributed by atoms with E-state index in [1.165, 1.54) is 11.0 Å². The van der Waals surface area contributed by atoms with E-state index >= 15 is 0 Å². The number of aliphatic carboxylic acids is 1. The molecule has 0 fully saturated rings. The standard InChI is InChI=1S/C16H26N2O2S/c1-13(2)11-18(9-8-17(3)4)12-15-14(7-10-21-15)5-6-16(19)20/h5-7,10,13H,8-9,11-12H2,1-4H3,(H,19,20). The molecular formula is C16H26N2O2S. The Kier molecular flexibility index (Phi) is 7.64. The minimum Gasteiger partial charge on any atom is -0.478 e. The van der Waals surface area contributed by atoms with Gasteiger partial charge < -0.3 is 10.0 Å². The van der Waals surface area contributed by atoms with E-state index in [1.54, 1.807) is 17.4 Å². The number of carbonyl (C=O) groups is 1. The predicted molar refractivity (Wildman–Crippen MR) is 89.7 cm³/mol. The van der Waals surface area contributed by atoms with Gasteiger partial charge >= 0.3 is 5.97 Å². The van der Waals surface area contributed by atoms with Crippen LogP contribution in [0, 0.1) is 5.92 Å². The lowest BCUT2D eigenvalue weighted by molar-refractivity contribution is -0.131. The summed E-state index contributed by atoms with van der Waals surface area (Å²) in [6.45, 7) is 8.42. The van der Waals surface area contributed by atoms with Gasteiger partial charge in [-0.2, -0.15) is 0 Å².